The van der Waals surface area contributed by atoms with Crippen molar-refractivity contribution in [2.24, 2.45) is 0 Å². The fraction of sp³-hybridized carbons (Fsp3) is 0.474. The summed E-state index contributed by atoms with van der Waals surface area (Å²) in [6.07, 6.45) is 6.40. The Morgan fingerprint density at radius 1 is 1.21 bits per heavy atom. The lowest BCUT2D eigenvalue weighted by atomic mass is 10.2. The van der Waals surface area contributed by atoms with E-state index in [4.69, 9.17) is 4.98 Å². The lowest BCUT2D eigenvalue weighted by molar-refractivity contribution is 0.234. The predicted octanol–water partition coefficient (Wildman–Crippen LogP) is 3.40. The number of aromatic nitrogens is 4. The van der Waals surface area contributed by atoms with Crippen LogP contribution in [0.25, 0.3) is 11.0 Å². The second-order valence-electron chi connectivity index (χ2n) is 6.56. The summed E-state index contributed by atoms with van der Waals surface area (Å²) >= 11 is 0. The van der Waals surface area contributed by atoms with E-state index in [1.54, 1.807) is 0 Å². The minimum Gasteiger partial charge on any atom is -0.334 e. The molecule has 2 aromatic heterocycles. The summed E-state index contributed by atoms with van der Waals surface area (Å²) in [4.78, 5) is 11.9. The molecule has 1 fully saturated rings. The molecule has 0 saturated carbocycles. The first-order valence-electron chi connectivity index (χ1n) is 8.95. The first-order valence-corrected chi connectivity index (χ1v) is 8.95. The number of aryl methyl sites for hydroxylation is 2. The molecule has 0 spiro atoms. The molecule has 0 N–H and O–H groups in total. The first-order chi connectivity index (χ1) is 11.8. The van der Waals surface area contributed by atoms with Crippen LogP contribution in [0.5, 0.6) is 0 Å². The van der Waals surface area contributed by atoms with Gasteiger partial charge >= 0.3 is 0 Å². The van der Waals surface area contributed by atoms with Gasteiger partial charge in [-0.3, -0.25) is 4.90 Å². The Kier molecular flexibility index (Phi) is 4.10. The highest BCUT2D eigenvalue weighted by molar-refractivity contribution is 5.76. The Hall–Kier alpha value is -2.14. The standard InChI is InChI=1S/C19H25N5/c1-3-24-17-8-5-4-7-16(17)21-19(24)18-9-6-11-23(18)14-13-22-12-10-20-15(22)2/h4-5,7-8,10,12,18H,3,6,9,11,13-14H2,1-2H3/t18-/m0/s1. The molecule has 1 aromatic carbocycles. The Labute approximate surface area is 142 Å². The first kappa shape index (κ1) is 15.4. The molecule has 4 rings (SSSR count). The lowest BCUT2D eigenvalue weighted by Crippen LogP contribution is -2.29. The van der Waals surface area contributed by atoms with Crippen LogP contribution in [0.4, 0.5) is 0 Å². The zero-order chi connectivity index (χ0) is 16.5. The minimum atomic E-state index is 0.432. The summed E-state index contributed by atoms with van der Waals surface area (Å²) in [5.41, 5.74) is 2.37. The van der Waals surface area contributed by atoms with Crippen LogP contribution >= 0.6 is 0 Å². The van der Waals surface area contributed by atoms with Crippen LogP contribution in [-0.2, 0) is 13.1 Å². The maximum Gasteiger partial charge on any atom is 0.127 e. The van der Waals surface area contributed by atoms with Gasteiger partial charge in [-0.05, 0) is 45.4 Å². The Balaban J connectivity index is 1.59. The molecule has 3 heterocycles. The van der Waals surface area contributed by atoms with Crippen molar-refractivity contribution in [3.63, 3.8) is 0 Å². The van der Waals surface area contributed by atoms with Crippen molar-refractivity contribution in [3.8, 4) is 0 Å². The second kappa shape index (κ2) is 6.40. The van der Waals surface area contributed by atoms with E-state index in [2.05, 4.69) is 63.3 Å². The van der Waals surface area contributed by atoms with Crippen LogP contribution in [0.3, 0.4) is 0 Å². The van der Waals surface area contributed by atoms with Gasteiger partial charge in [0.15, 0.2) is 0 Å². The van der Waals surface area contributed by atoms with Crippen LogP contribution in [0.2, 0.25) is 0 Å². The van der Waals surface area contributed by atoms with Crippen molar-refractivity contribution >= 4 is 11.0 Å². The fourth-order valence-corrected chi connectivity index (χ4v) is 3.94. The van der Waals surface area contributed by atoms with Crippen molar-refractivity contribution in [2.75, 3.05) is 13.1 Å². The number of para-hydroxylation sites is 2. The number of imidazole rings is 2. The molecule has 0 unspecified atom stereocenters. The average Bonchev–Trinajstić information content (AvgIpc) is 3.30. The third kappa shape index (κ3) is 2.63. The zero-order valence-corrected chi connectivity index (χ0v) is 14.5. The van der Waals surface area contributed by atoms with Gasteiger partial charge in [-0.1, -0.05) is 12.1 Å². The van der Waals surface area contributed by atoms with Crippen LogP contribution in [0.1, 0.15) is 37.5 Å². The molecule has 3 aromatic rings. The molecular weight excluding hydrogens is 298 g/mol. The molecule has 5 nitrogen and oxygen atoms in total. The van der Waals surface area contributed by atoms with E-state index in [0.29, 0.717) is 6.04 Å². The van der Waals surface area contributed by atoms with Gasteiger partial charge in [0.2, 0.25) is 0 Å². The smallest absolute Gasteiger partial charge is 0.127 e. The summed E-state index contributed by atoms with van der Waals surface area (Å²) in [6.45, 7) is 8.46. The molecule has 1 aliphatic rings. The van der Waals surface area contributed by atoms with E-state index >= 15 is 0 Å². The zero-order valence-electron chi connectivity index (χ0n) is 14.5. The summed E-state index contributed by atoms with van der Waals surface area (Å²) in [6, 6.07) is 8.92. The molecule has 126 valence electrons. The Morgan fingerprint density at radius 3 is 2.88 bits per heavy atom. The van der Waals surface area contributed by atoms with E-state index in [1.807, 2.05) is 6.20 Å². The van der Waals surface area contributed by atoms with Crippen molar-refractivity contribution in [1.29, 1.82) is 0 Å². The van der Waals surface area contributed by atoms with Gasteiger partial charge in [-0.15, -0.1) is 0 Å². The van der Waals surface area contributed by atoms with Crippen LogP contribution in [-0.4, -0.2) is 37.1 Å². The third-order valence-electron chi connectivity index (χ3n) is 5.21. The highest BCUT2D eigenvalue weighted by atomic mass is 15.2. The predicted molar refractivity (Wildman–Crippen MR) is 95.9 cm³/mol. The van der Waals surface area contributed by atoms with Gasteiger partial charge in [0.1, 0.15) is 11.6 Å². The molecule has 1 atom stereocenters. The van der Waals surface area contributed by atoms with Gasteiger partial charge < -0.3 is 9.13 Å². The van der Waals surface area contributed by atoms with E-state index in [0.717, 1.165) is 37.5 Å². The summed E-state index contributed by atoms with van der Waals surface area (Å²) in [5.74, 6) is 2.32. The number of nitrogens with zero attached hydrogens (tertiary/aromatic N) is 5. The fourth-order valence-electron chi connectivity index (χ4n) is 3.94. The maximum atomic E-state index is 4.98. The van der Waals surface area contributed by atoms with Crippen molar-refractivity contribution in [2.45, 2.75) is 45.8 Å². The van der Waals surface area contributed by atoms with Gasteiger partial charge in [-0.2, -0.15) is 0 Å². The lowest BCUT2D eigenvalue weighted by Gasteiger charge is -2.25. The molecule has 0 radical (unpaired) electrons. The summed E-state index contributed by atoms with van der Waals surface area (Å²) < 4.78 is 4.62. The Morgan fingerprint density at radius 2 is 2.08 bits per heavy atom. The molecule has 24 heavy (non-hydrogen) atoms. The summed E-state index contributed by atoms with van der Waals surface area (Å²) in [5, 5.41) is 0. The third-order valence-corrected chi connectivity index (χ3v) is 5.21. The molecule has 0 aliphatic carbocycles. The molecule has 0 amide bonds. The molecule has 5 heteroatoms. The van der Waals surface area contributed by atoms with Crippen LogP contribution < -0.4 is 0 Å². The maximum absolute atomic E-state index is 4.98. The van der Waals surface area contributed by atoms with Gasteiger partial charge in [0.05, 0.1) is 17.1 Å². The number of benzene rings is 1. The number of likely N-dealkylation sites (tertiary alicyclic amines) is 1. The number of hydrogen-bond donors (Lipinski definition) is 0. The van der Waals surface area contributed by atoms with Crippen LogP contribution in [0, 0.1) is 6.92 Å². The highest BCUT2D eigenvalue weighted by Crippen LogP contribution is 2.33. The number of hydrogen-bond acceptors (Lipinski definition) is 3. The van der Waals surface area contributed by atoms with E-state index in [-0.39, 0.29) is 0 Å². The van der Waals surface area contributed by atoms with Gasteiger partial charge in [0, 0.05) is 32.0 Å². The van der Waals surface area contributed by atoms with Crippen LogP contribution in [0.15, 0.2) is 36.7 Å². The van der Waals surface area contributed by atoms with E-state index < -0.39 is 0 Å². The largest absolute Gasteiger partial charge is 0.334 e. The molecule has 1 saturated heterocycles. The van der Waals surface area contributed by atoms with Crippen molar-refractivity contribution < 1.29 is 0 Å². The minimum absolute atomic E-state index is 0.432. The van der Waals surface area contributed by atoms with E-state index in [1.165, 1.54) is 24.2 Å². The molecule has 1 aliphatic heterocycles. The van der Waals surface area contributed by atoms with Gasteiger partial charge in [-0.25, -0.2) is 9.97 Å². The summed E-state index contributed by atoms with van der Waals surface area (Å²) in [7, 11) is 0. The quantitative estimate of drug-likeness (QED) is 0.722. The average molecular weight is 323 g/mol. The van der Waals surface area contributed by atoms with Gasteiger partial charge in [0.25, 0.3) is 0 Å². The molecular formula is C19H25N5. The monoisotopic (exact) mass is 323 g/mol. The second-order valence-corrected chi connectivity index (χ2v) is 6.56. The number of fused-ring (bicyclic) bond motifs is 1. The normalized spacial score (nSPS) is 18.7. The topological polar surface area (TPSA) is 38.9 Å². The Bertz CT molecular complexity index is 831. The SMILES string of the molecule is CCn1c([C@@H]2CCCN2CCn2ccnc2C)nc2ccccc21. The number of rotatable bonds is 5. The molecule has 0 bridgehead atoms. The van der Waals surface area contributed by atoms with Crippen molar-refractivity contribution in [3.05, 3.63) is 48.3 Å². The van der Waals surface area contributed by atoms with Crippen molar-refractivity contribution in [1.82, 2.24) is 24.0 Å². The highest BCUT2D eigenvalue weighted by Gasteiger charge is 2.30. The van der Waals surface area contributed by atoms with E-state index in [9.17, 15) is 0 Å².